The van der Waals surface area contributed by atoms with Crippen LogP contribution in [0.3, 0.4) is 0 Å². The number of carboxylic acids is 1. The molecule has 0 saturated heterocycles. The molecule has 3 aromatic rings. The van der Waals surface area contributed by atoms with Crippen molar-refractivity contribution >= 4 is 5.97 Å². The van der Waals surface area contributed by atoms with Crippen LogP contribution in [0.25, 0.3) is 22.5 Å². The van der Waals surface area contributed by atoms with Crippen LogP contribution in [-0.2, 0) is 12.8 Å². The Hall–Kier alpha value is -3.01. The van der Waals surface area contributed by atoms with E-state index in [0.717, 1.165) is 42.4 Å². The van der Waals surface area contributed by atoms with Gasteiger partial charge in [-0.1, -0.05) is 76.8 Å². The smallest absolute Gasteiger partial charge is 0.336 e. The Morgan fingerprint density at radius 2 is 1.59 bits per heavy atom. The lowest BCUT2D eigenvalue weighted by molar-refractivity contribution is 0.0697. The fourth-order valence-electron chi connectivity index (χ4n) is 3.86. The molecule has 3 rings (SSSR count). The van der Waals surface area contributed by atoms with Crippen molar-refractivity contribution in [2.45, 2.75) is 65.7 Å². The van der Waals surface area contributed by atoms with E-state index in [2.05, 4.69) is 42.9 Å². The lowest BCUT2D eigenvalue weighted by Gasteiger charge is -2.12. The van der Waals surface area contributed by atoms with Gasteiger partial charge in [-0.3, -0.25) is 0 Å². The summed E-state index contributed by atoms with van der Waals surface area (Å²) in [4.78, 5) is 21.0. The molecule has 0 aliphatic heterocycles. The Bertz CT molecular complexity index is 1010. The van der Waals surface area contributed by atoms with Crippen molar-refractivity contribution in [2.75, 3.05) is 0 Å². The summed E-state index contributed by atoms with van der Waals surface area (Å²) in [6.07, 6.45) is 11.8. The SMILES string of the molecule is CCCCCCc1cnc(-c2ccc(C(=O)O)c(-c3ccc(C[C@@H](C)CC)cc3)c2)nc1. The van der Waals surface area contributed by atoms with Crippen LogP contribution in [0.5, 0.6) is 0 Å². The average Bonchev–Trinajstić information content (AvgIpc) is 2.82. The number of carbonyl (C=O) groups is 1. The first kappa shape index (κ1) is 23.6. The van der Waals surface area contributed by atoms with Crippen molar-refractivity contribution < 1.29 is 9.90 Å². The zero-order valence-corrected chi connectivity index (χ0v) is 19.5. The average molecular weight is 431 g/mol. The first-order chi connectivity index (χ1) is 15.5. The third kappa shape index (κ3) is 6.25. The van der Waals surface area contributed by atoms with Crippen molar-refractivity contribution in [1.29, 1.82) is 0 Å². The summed E-state index contributed by atoms with van der Waals surface area (Å²) in [5, 5.41) is 9.72. The van der Waals surface area contributed by atoms with Gasteiger partial charge < -0.3 is 5.11 Å². The highest BCUT2D eigenvalue weighted by atomic mass is 16.4. The van der Waals surface area contributed by atoms with Crippen LogP contribution in [0.1, 0.15) is 74.4 Å². The largest absolute Gasteiger partial charge is 0.478 e. The minimum absolute atomic E-state index is 0.288. The molecule has 0 radical (unpaired) electrons. The third-order valence-corrected chi connectivity index (χ3v) is 6.08. The molecule has 4 heteroatoms. The maximum absolute atomic E-state index is 11.9. The summed E-state index contributed by atoms with van der Waals surface area (Å²) in [7, 11) is 0. The van der Waals surface area contributed by atoms with E-state index < -0.39 is 5.97 Å². The number of aromatic carboxylic acids is 1. The van der Waals surface area contributed by atoms with Crippen LogP contribution in [0, 0.1) is 5.92 Å². The second-order valence-electron chi connectivity index (χ2n) is 8.71. The summed E-state index contributed by atoms with van der Waals surface area (Å²) in [6.45, 7) is 6.66. The quantitative estimate of drug-likeness (QED) is 0.326. The van der Waals surface area contributed by atoms with Gasteiger partial charge in [0.1, 0.15) is 0 Å². The Labute approximate surface area is 191 Å². The Morgan fingerprint density at radius 1 is 0.906 bits per heavy atom. The van der Waals surface area contributed by atoms with Gasteiger partial charge in [0.2, 0.25) is 0 Å². The summed E-state index contributed by atoms with van der Waals surface area (Å²) < 4.78 is 0. The minimum atomic E-state index is -0.932. The lowest BCUT2D eigenvalue weighted by Crippen LogP contribution is -2.01. The van der Waals surface area contributed by atoms with Gasteiger partial charge in [-0.25, -0.2) is 14.8 Å². The first-order valence-electron chi connectivity index (χ1n) is 11.8. The van der Waals surface area contributed by atoms with Crippen molar-refractivity contribution in [2.24, 2.45) is 5.92 Å². The van der Waals surface area contributed by atoms with Gasteiger partial charge in [-0.15, -0.1) is 0 Å². The number of benzene rings is 2. The molecule has 0 aliphatic rings. The van der Waals surface area contributed by atoms with E-state index in [0.29, 0.717) is 17.3 Å². The zero-order valence-electron chi connectivity index (χ0n) is 19.5. The van der Waals surface area contributed by atoms with Crippen molar-refractivity contribution in [3.05, 3.63) is 71.5 Å². The topological polar surface area (TPSA) is 63.1 Å². The van der Waals surface area contributed by atoms with E-state index in [4.69, 9.17) is 0 Å². The lowest BCUT2D eigenvalue weighted by atomic mass is 9.94. The number of hydrogen-bond acceptors (Lipinski definition) is 3. The van der Waals surface area contributed by atoms with Crippen molar-refractivity contribution in [1.82, 2.24) is 9.97 Å². The highest BCUT2D eigenvalue weighted by Crippen LogP contribution is 2.29. The molecule has 1 heterocycles. The van der Waals surface area contributed by atoms with Gasteiger partial charge >= 0.3 is 5.97 Å². The van der Waals surface area contributed by atoms with Gasteiger partial charge in [0.05, 0.1) is 5.56 Å². The van der Waals surface area contributed by atoms with E-state index in [1.807, 2.05) is 30.6 Å². The third-order valence-electron chi connectivity index (χ3n) is 6.08. The Morgan fingerprint density at radius 3 is 2.22 bits per heavy atom. The maximum atomic E-state index is 11.9. The summed E-state index contributed by atoms with van der Waals surface area (Å²) in [5.74, 6) is 0.318. The molecule has 0 bridgehead atoms. The number of nitrogens with zero attached hydrogens (tertiary/aromatic N) is 2. The van der Waals surface area contributed by atoms with E-state index in [9.17, 15) is 9.90 Å². The Balaban J connectivity index is 1.84. The number of aromatic nitrogens is 2. The predicted molar refractivity (Wildman–Crippen MR) is 131 cm³/mol. The monoisotopic (exact) mass is 430 g/mol. The fraction of sp³-hybridized carbons (Fsp3) is 0.393. The molecule has 168 valence electrons. The molecule has 0 saturated carbocycles. The highest BCUT2D eigenvalue weighted by Gasteiger charge is 2.14. The molecule has 0 amide bonds. The molecule has 0 fully saturated rings. The van der Waals surface area contributed by atoms with Crippen LogP contribution in [0.15, 0.2) is 54.9 Å². The van der Waals surface area contributed by atoms with E-state index in [-0.39, 0.29) is 5.56 Å². The van der Waals surface area contributed by atoms with E-state index in [1.54, 1.807) is 12.1 Å². The van der Waals surface area contributed by atoms with Crippen LogP contribution in [-0.4, -0.2) is 21.0 Å². The molecular formula is C28H34N2O2. The molecule has 1 atom stereocenters. The van der Waals surface area contributed by atoms with Gasteiger partial charge in [0, 0.05) is 18.0 Å². The number of unbranched alkanes of at least 4 members (excludes halogenated alkanes) is 3. The summed E-state index contributed by atoms with van der Waals surface area (Å²) in [5.41, 5.74) is 5.11. The maximum Gasteiger partial charge on any atom is 0.336 e. The van der Waals surface area contributed by atoms with E-state index in [1.165, 1.54) is 24.8 Å². The van der Waals surface area contributed by atoms with Crippen LogP contribution in [0.2, 0.25) is 0 Å². The zero-order chi connectivity index (χ0) is 22.9. The number of carboxylic acid groups (broad SMARTS) is 1. The van der Waals surface area contributed by atoms with Crippen LogP contribution < -0.4 is 0 Å². The molecule has 32 heavy (non-hydrogen) atoms. The molecule has 0 unspecified atom stereocenters. The fourth-order valence-corrected chi connectivity index (χ4v) is 3.86. The van der Waals surface area contributed by atoms with Crippen LogP contribution >= 0.6 is 0 Å². The second-order valence-corrected chi connectivity index (χ2v) is 8.71. The van der Waals surface area contributed by atoms with Crippen molar-refractivity contribution in [3.8, 4) is 22.5 Å². The molecular weight excluding hydrogens is 396 g/mol. The first-order valence-corrected chi connectivity index (χ1v) is 11.8. The Kier molecular flexibility index (Phi) is 8.55. The molecule has 1 aromatic heterocycles. The normalized spacial score (nSPS) is 12.0. The highest BCUT2D eigenvalue weighted by molar-refractivity contribution is 5.97. The van der Waals surface area contributed by atoms with E-state index >= 15 is 0 Å². The molecule has 4 nitrogen and oxygen atoms in total. The molecule has 1 N–H and O–H groups in total. The second kappa shape index (κ2) is 11.6. The number of hydrogen-bond donors (Lipinski definition) is 1. The van der Waals surface area contributed by atoms with Gasteiger partial charge in [0.25, 0.3) is 0 Å². The molecule has 0 spiro atoms. The molecule has 0 aliphatic carbocycles. The van der Waals surface area contributed by atoms with Gasteiger partial charge in [-0.2, -0.15) is 0 Å². The summed E-state index contributed by atoms with van der Waals surface area (Å²) >= 11 is 0. The number of rotatable bonds is 11. The van der Waals surface area contributed by atoms with Gasteiger partial charge in [-0.05, 0) is 59.6 Å². The van der Waals surface area contributed by atoms with Gasteiger partial charge in [0.15, 0.2) is 5.82 Å². The predicted octanol–water partition coefficient (Wildman–Crippen LogP) is 7.22. The van der Waals surface area contributed by atoms with Crippen molar-refractivity contribution in [3.63, 3.8) is 0 Å². The standard InChI is InChI=1S/C28H34N2O2/c1-4-6-7-8-9-22-18-29-27(30-19-22)24-14-15-25(28(31)32)26(17-24)23-12-10-21(11-13-23)16-20(3)5-2/h10-15,17-20H,4-9,16H2,1-3H3,(H,31,32)/t20-/m0/s1. The summed E-state index contributed by atoms with van der Waals surface area (Å²) in [6, 6.07) is 13.6. The number of aryl methyl sites for hydroxylation is 1. The minimum Gasteiger partial charge on any atom is -0.478 e. The van der Waals surface area contributed by atoms with Crippen LogP contribution in [0.4, 0.5) is 0 Å². The molecule has 2 aromatic carbocycles.